The Labute approximate surface area is 119 Å². The van der Waals surface area contributed by atoms with Gasteiger partial charge in [0, 0.05) is 11.8 Å². The molecule has 0 fully saturated rings. The van der Waals surface area contributed by atoms with Gasteiger partial charge in [-0.05, 0) is 29.8 Å². The van der Waals surface area contributed by atoms with Gasteiger partial charge in [-0.25, -0.2) is 9.18 Å². The van der Waals surface area contributed by atoms with Crippen molar-refractivity contribution in [1.29, 1.82) is 0 Å². The Morgan fingerprint density at radius 3 is 2.52 bits per heavy atom. The van der Waals surface area contributed by atoms with E-state index in [1.807, 2.05) is 0 Å². The highest BCUT2D eigenvalue weighted by Gasteiger charge is 2.11. The third-order valence-corrected chi connectivity index (χ3v) is 2.77. The van der Waals surface area contributed by atoms with E-state index in [1.165, 1.54) is 30.3 Å². The molecule has 0 bridgehead atoms. The maximum atomic E-state index is 13.0. The minimum Gasteiger partial charge on any atom is -0.507 e. The molecule has 0 atom stereocenters. The number of carbonyl (C=O) groups excluding carboxylic acids is 1. The first-order valence-corrected chi connectivity index (χ1v) is 6.06. The van der Waals surface area contributed by atoms with E-state index in [2.05, 4.69) is 5.32 Å². The number of phenols is 1. The van der Waals surface area contributed by atoms with Crippen LogP contribution in [0.5, 0.6) is 5.75 Å². The summed E-state index contributed by atoms with van der Waals surface area (Å²) in [6, 6.07) is 9.36. The predicted molar refractivity (Wildman–Crippen MR) is 73.8 cm³/mol. The molecule has 0 saturated heterocycles. The number of aromatic hydroxyl groups is 1. The van der Waals surface area contributed by atoms with E-state index >= 15 is 0 Å². The Morgan fingerprint density at radius 1 is 1.14 bits per heavy atom. The van der Waals surface area contributed by atoms with Crippen molar-refractivity contribution in [2.24, 2.45) is 0 Å². The molecule has 0 aliphatic carbocycles. The first-order chi connectivity index (χ1) is 9.95. The molecule has 5 nitrogen and oxygen atoms in total. The number of benzene rings is 2. The lowest BCUT2D eigenvalue weighted by Crippen LogP contribution is -2.14. The molecule has 0 aromatic heterocycles. The summed E-state index contributed by atoms with van der Waals surface area (Å²) in [4.78, 5) is 22.5. The summed E-state index contributed by atoms with van der Waals surface area (Å²) in [6.07, 6.45) is -0.0286. The van der Waals surface area contributed by atoms with Gasteiger partial charge in [0.05, 0.1) is 6.42 Å². The van der Waals surface area contributed by atoms with E-state index in [4.69, 9.17) is 5.11 Å². The largest absolute Gasteiger partial charge is 0.507 e. The summed E-state index contributed by atoms with van der Waals surface area (Å²) in [5, 5.41) is 20.8. The molecule has 108 valence electrons. The fourth-order valence-corrected chi connectivity index (χ4v) is 1.83. The Morgan fingerprint density at radius 2 is 1.90 bits per heavy atom. The smallest absolute Gasteiger partial charge is 0.339 e. The van der Waals surface area contributed by atoms with Gasteiger partial charge in [0.1, 0.15) is 17.1 Å². The fraction of sp³-hybridized carbons (Fsp3) is 0.0667. The zero-order valence-electron chi connectivity index (χ0n) is 10.8. The molecule has 2 rings (SSSR count). The van der Waals surface area contributed by atoms with Crippen LogP contribution in [0.3, 0.4) is 0 Å². The molecule has 21 heavy (non-hydrogen) atoms. The number of halogens is 1. The predicted octanol–water partition coefficient (Wildman–Crippen LogP) is 2.41. The average Bonchev–Trinajstić information content (AvgIpc) is 2.38. The molecule has 0 unspecified atom stereocenters. The monoisotopic (exact) mass is 289 g/mol. The topological polar surface area (TPSA) is 86.6 Å². The molecule has 2 aromatic rings. The second kappa shape index (κ2) is 6.04. The normalized spacial score (nSPS) is 10.1. The average molecular weight is 289 g/mol. The summed E-state index contributed by atoms with van der Waals surface area (Å²) in [7, 11) is 0. The molecular weight excluding hydrogens is 277 g/mol. The van der Waals surface area contributed by atoms with Crippen molar-refractivity contribution >= 4 is 17.6 Å². The number of hydrogen-bond acceptors (Lipinski definition) is 3. The van der Waals surface area contributed by atoms with Crippen LogP contribution in [0.25, 0.3) is 0 Å². The lowest BCUT2D eigenvalue weighted by Gasteiger charge is -2.07. The number of aromatic carboxylic acids is 1. The van der Waals surface area contributed by atoms with Crippen LogP contribution in [-0.4, -0.2) is 22.1 Å². The number of nitrogens with one attached hydrogen (secondary N) is 1. The highest BCUT2D eigenvalue weighted by Crippen LogP contribution is 2.22. The zero-order chi connectivity index (χ0) is 15.4. The number of rotatable bonds is 4. The van der Waals surface area contributed by atoms with Crippen LogP contribution in [0.4, 0.5) is 10.1 Å². The molecule has 0 spiro atoms. The highest BCUT2D eigenvalue weighted by atomic mass is 19.1. The standard InChI is InChI=1S/C15H12FNO4/c16-10-3-1-2-9(6-10)7-14(19)17-11-4-5-12(15(20)21)13(18)8-11/h1-6,8,18H,7H2,(H,17,19)(H,20,21). The van der Waals surface area contributed by atoms with Gasteiger partial charge in [0.15, 0.2) is 0 Å². The van der Waals surface area contributed by atoms with Gasteiger partial charge >= 0.3 is 5.97 Å². The summed E-state index contributed by atoms with van der Waals surface area (Å²) in [5.74, 6) is -2.52. The first-order valence-electron chi connectivity index (χ1n) is 6.06. The van der Waals surface area contributed by atoms with E-state index in [0.717, 1.165) is 6.07 Å². The van der Waals surface area contributed by atoms with Gasteiger partial charge in [0.2, 0.25) is 5.91 Å². The Hall–Kier alpha value is -2.89. The zero-order valence-corrected chi connectivity index (χ0v) is 10.8. The lowest BCUT2D eigenvalue weighted by molar-refractivity contribution is -0.115. The lowest BCUT2D eigenvalue weighted by atomic mass is 10.1. The van der Waals surface area contributed by atoms with Gasteiger partial charge in [-0.3, -0.25) is 4.79 Å². The number of hydrogen-bond donors (Lipinski definition) is 3. The van der Waals surface area contributed by atoms with Crippen LogP contribution >= 0.6 is 0 Å². The van der Waals surface area contributed by atoms with E-state index < -0.39 is 23.4 Å². The second-order valence-corrected chi connectivity index (χ2v) is 4.39. The van der Waals surface area contributed by atoms with Crippen LogP contribution in [0, 0.1) is 5.82 Å². The summed E-state index contributed by atoms with van der Waals surface area (Å²) >= 11 is 0. The van der Waals surface area contributed by atoms with Crippen molar-refractivity contribution in [2.75, 3.05) is 5.32 Å². The Bertz CT molecular complexity index is 700. The van der Waals surface area contributed by atoms with Gasteiger partial charge in [-0.1, -0.05) is 12.1 Å². The Kier molecular flexibility index (Phi) is 4.18. The minimum atomic E-state index is -1.26. The molecular formula is C15H12FNO4. The van der Waals surface area contributed by atoms with Crippen molar-refractivity contribution in [3.8, 4) is 5.75 Å². The van der Waals surface area contributed by atoms with Crippen molar-refractivity contribution < 1.29 is 24.2 Å². The number of amides is 1. The highest BCUT2D eigenvalue weighted by molar-refractivity contribution is 5.95. The maximum absolute atomic E-state index is 13.0. The molecule has 3 N–H and O–H groups in total. The summed E-state index contributed by atoms with van der Waals surface area (Å²) < 4.78 is 13.0. The van der Waals surface area contributed by atoms with Gasteiger partial charge in [-0.15, -0.1) is 0 Å². The molecule has 6 heteroatoms. The van der Waals surface area contributed by atoms with Crippen LogP contribution in [0.15, 0.2) is 42.5 Å². The van der Waals surface area contributed by atoms with Gasteiger partial charge in [0.25, 0.3) is 0 Å². The molecule has 1 amide bonds. The van der Waals surface area contributed by atoms with E-state index in [0.29, 0.717) is 5.56 Å². The third-order valence-electron chi connectivity index (χ3n) is 2.77. The first kappa shape index (κ1) is 14.5. The van der Waals surface area contributed by atoms with Crippen molar-refractivity contribution in [1.82, 2.24) is 0 Å². The molecule has 0 saturated carbocycles. The van der Waals surface area contributed by atoms with Crippen LogP contribution in [0.1, 0.15) is 15.9 Å². The Balaban J connectivity index is 2.06. The van der Waals surface area contributed by atoms with E-state index in [1.54, 1.807) is 6.07 Å². The van der Waals surface area contributed by atoms with Crippen molar-refractivity contribution in [3.05, 3.63) is 59.4 Å². The maximum Gasteiger partial charge on any atom is 0.339 e. The quantitative estimate of drug-likeness (QED) is 0.806. The van der Waals surface area contributed by atoms with Crippen molar-refractivity contribution in [2.45, 2.75) is 6.42 Å². The molecule has 0 radical (unpaired) electrons. The van der Waals surface area contributed by atoms with E-state index in [9.17, 15) is 19.1 Å². The minimum absolute atomic E-state index is 0.0286. The number of anilines is 1. The molecule has 2 aromatic carbocycles. The van der Waals surface area contributed by atoms with Crippen LogP contribution < -0.4 is 5.32 Å². The van der Waals surface area contributed by atoms with Crippen LogP contribution in [0.2, 0.25) is 0 Å². The van der Waals surface area contributed by atoms with Crippen LogP contribution in [-0.2, 0) is 11.2 Å². The second-order valence-electron chi connectivity index (χ2n) is 4.39. The van der Waals surface area contributed by atoms with Crippen molar-refractivity contribution in [3.63, 3.8) is 0 Å². The third kappa shape index (κ3) is 3.79. The molecule has 0 aliphatic rings. The fourth-order valence-electron chi connectivity index (χ4n) is 1.83. The molecule has 0 aliphatic heterocycles. The molecule has 0 heterocycles. The number of carboxylic acids is 1. The van der Waals surface area contributed by atoms with E-state index in [-0.39, 0.29) is 17.7 Å². The van der Waals surface area contributed by atoms with Gasteiger partial charge < -0.3 is 15.5 Å². The number of carboxylic acid groups (broad SMARTS) is 1. The number of carbonyl (C=O) groups is 2. The summed E-state index contributed by atoms with van der Waals surface area (Å²) in [5.41, 5.74) is 0.524. The SMILES string of the molecule is O=C(Cc1cccc(F)c1)Nc1ccc(C(=O)O)c(O)c1. The summed E-state index contributed by atoms with van der Waals surface area (Å²) in [6.45, 7) is 0. The van der Waals surface area contributed by atoms with Gasteiger partial charge in [-0.2, -0.15) is 0 Å².